The van der Waals surface area contributed by atoms with E-state index in [4.69, 9.17) is 9.26 Å². The molecule has 0 saturated carbocycles. The summed E-state index contributed by atoms with van der Waals surface area (Å²) in [6.07, 6.45) is 1.37. The van der Waals surface area contributed by atoms with Crippen LogP contribution < -0.4 is 0 Å². The molecule has 0 unspecified atom stereocenters. The summed E-state index contributed by atoms with van der Waals surface area (Å²) in [4.78, 5) is 8.74. The molecule has 2 heterocycles. The number of hydrogen-bond donors (Lipinski definition) is 0. The van der Waals surface area contributed by atoms with Crippen molar-refractivity contribution in [1.29, 1.82) is 0 Å². The van der Waals surface area contributed by atoms with Crippen molar-refractivity contribution < 1.29 is 9.26 Å². The van der Waals surface area contributed by atoms with Gasteiger partial charge in [-0.3, -0.25) is 9.80 Å². The molecule has 0 aliphatic carbocycles. The SMILES string of the molecule is CN(Cc1ncon1)CC(C)(C)N1CCOCC1. The van der Waals surface area contributed by atoms with Gasteiger partial charge in [0.15, 0.2) is 5.82 Å². The van der Waals surface area contributed by atoms with Gasteiger partial charge in [0.2, 0.25) is 6.39 Å². The maximum absolute atomic E-state index is 5.40. The van der Waals surface area contributed by atoms with Gasteiger partial charge in [-0.1, -0.05) is 5.16 Å². The van der Waals surface area contributed by atoms with Crippen LogP contribution >= 0.6 is 0 Å². The van der Waals surface area contributed by atoms with Crippen LogP contribution in [0, 0.1) is 0 Å². The van der Waals surface area contributed by atoms with E-state index in [2.05, 4.69) is 40.8 Å². The third-order valence-electron chi connectivity index (χ3n) is 3.34. The first-order chi connectivity index (χ1) is 8.58. The van der Waals surface area contributed by atoms with Crippen molar-refractivity contribution in [2.24, 2.45) is 0 Å². The molecule has 0 radical (unpaired) electrons. The molecule has 0 amide bonds. The summed E-state index contributed by atoms with van der Waals surface area (Å²) >= 11 is 0. The largest absolute Gasteiger partial charge is 0.379 e. The summed E-state index contributed by atoms with van der Waals surface area (Å²) < 4.78 is 10.1. The molecule has 1 aromatic heterocycles. The van der Waals surface area contributed by atoms with E-state index in [1.54, 1.807) is 0 Å². The first-order valence-electron chi connectivity index (χ1n) is 6.34. The molecule has 6 heteroatoms. The number of hydrogen-bond acceptors (Lipinski definition) is 6. The average Bonchev–Trinajstić information content (AvgIpc) is 2.82. The molecule has 0 N–H and O–H groups in total. The Kier molecular flexibility index (Phi) is 4.31. The topological polar surface area (TPSA) is 54.6 Å². The Labute approximate surface area is 108 Å². The van der Waals surface area contributed by atoms with Gasteiger partial charge in [0.25, 0.3) is 0 Å². The van der Waals surface area contributed by atoms with Crippen LogP contribution in [0.3, 0.4) is 0 Å². The van der Waals surface area contributed by atoms with Crippen molar-refractivity contribution >= 4 is 0 Å². The highest BCUT2D eigenvalue weighted by molar-refractivity contribution is 4.87. The lowest BCUT2D eigenvalue weighted by molar-refractivity contribution is -0.0202. The van der Waals surface area contributed by atoms with E-state index in [0.717, 1.165) is 38.7 Å². The monoisotopic (exact) mass is 254 g/mol. The van der Waals surface area contributed by atoms with E-state index >= 15 is 0 Å². The highest BCUT2D eigenvalue weighted by Gasteiger charge is 2.29. The van der Waals surface area contributed by atoms with Crippen LogP contribution in [-0.2, 0) is 11.3 Å². The predicted octanol–water partition coefficient (Wildman–Crippen LogP) is 0.612. The van der Waals surface area contributed by atoms with Crippen LogP contribution in [0.2, 0.25) is 0 Å². The standard InChI is InChI=1S/C12H22N4O2/c1-12(2,16-4-6-17-7-5-16)9-15(3)8-11-13-10-18-14-11/h10H,4-9H2,1-3H3. The zero-order valence-corrected chi connectivity index (χ0v) is 11.4. The Hall–Kier alpha value is -0.980. The Morgan fingerprint density at radius 3 is 2.72 bits per heavy atom. The fourth-order valence-corrected chi connectivity index (χ4v) is 2.49. The third kappa shape index (κ3) is 3.51. The predicted molar refractivity (Wildman–Crippen MR) is 67.1 cm³/mol. The molecular formula is C12H22N4O2. The number of morpholine rings is 1. The molecule has 1 fully saturated rings. The van der Waals surface area contributed by atoms with Crippen LogP contribution in [0.25, 0.3) is 0 Å². The van der Waals surface area contributed by atoms with E-state index in [1.807, 2.05) is 0 Å². The maximum atomic E-state index is 5.40. The van der Waals surface area contributed by atoms with Gasteiger partial charge < -0.3 is 9.26 Å². The highest BCUT2D eigenvalue weighted by Crippen LogP contribution is 2.17. The van der Waals surface area contributed by atoms with Crippen LogP contribution in [0.4, 0.5) is 0 Å². The second-order valence-electron chi connectivity index (χ2n) is 5.43. The molecule has 1 aromatic rings. The molecule has 1 saturated heterocycles. The van der Waals surface area contributed by atoms with Crippen LogP contribution in [0.15, 0.2) is 10.9 Å². The molecule has 0 spiro atoms. The zero-order chi connectivity index (χ0) is 13.0. The summed E-state index contributed by atoms with van der Waals surface area (Å²) in [5.41, 5.74) is 0.127. The normalized spacial score (nSPS) is 18.4. The molecule has 0 aromatic carbocycles. The molecule has 2 rings (SSSR count). The molecule has 1 aliphatic rings. The molecule has 18 heavy (non-hydrogen) atoms. The van der Waals surface area contributed by atoms with Crippen LogP contribution in [0.1, 0.15) is 19.7 Å². The van der Waals surface area contributed by atoms with Gasteiger partial charge >= 0.3 is 0 Å². The number of likely N-dealkylation sites (N-methyl/N-ethyl adjacent to an activating group) is 1. The molecule has 102 valence electrons. The summed E-state index contributed by atoms with van der Waals surface area (Å²) in [7, 11) is 2.08. The summed E-state index contributed by atoms with van der Waals surface area (Å²) in [5, 5.41) is 3.84. The van der Waals surface area contributed by atoms with Gasteiger partial charge in [-0.15, -0.1) is 0 Å². The number of nitrogens with zero attached hydrogens (tertiary/aromatic N) is 4. The lowest BCUT2D eigenvalue weighted by Gasteiger charge is -2.42. The molecule has 1 aliphatic heterocycles. The second-order valence-corrected chi connectivity index (χ2v) is 5.43. The van der Waals surface area contributed by atoms with Crippen molar-refractivity contribution in [3.8, 4) is 0 Å². The molecule has 0 bridgehead atoms. The van der Waals surface area contributed by atoms with E-state index in [-0.39, 0.29) is 5.54 Å². The van der Waals surface area contributed by atoms with Gasteiger partial charge in [0.05, 0.1) is 19.8 Å². The van der Waals surface area contributed by atoms with Gasteiger partial charge in [-0.05, 0) is 20.9 Å². The molecule has 6 nitrogen and oxygen atoms in total. The Morgan fingerprint density at radius 2 is 2.11 bits per heavy atom. The molecular weight excluding hydrogens is 232 g/mol. The Balaban J connectivity index is 1.86. The fraction of sp³-hybridized carbons (Fsp3) is 0.833. The minimum Gasteiger partial charge on any atom is -0.379 e. The van der Waals surface area contributed by atoms with Gasteiger partial charge in [-0.25, -0.2) is 0 Å². The van der Waals surface area contributed by atoms with Gasteiger partial charge in [-0.2, -0.15) is 4.98 Å². The lowest BCUT2D eigenvalue weighted by Crippen LogP contribution is -2.54. The van der Waals surface area contributed by atoms with Crippen molar-refractivity contribution in [3.05, 3.63) is 12.2 Å². The Morgan fingerprint density at radius 1 is 1.39 bits per heavy atom. The van der Waals surface area contributed by atoms with E-state index in [0.29, 0.717) is 6.54 Å². The summed E-state index contributed by atoms with van der Waals surface area (Å²) in [6, 6.07) is 0. The minimum absolute atomic E-state index is 0.127. The zero-order valence-electron chi connectivity index (χ0n) is 11.4. The van der Waals surface area contributed by atoms with Crippen LogP contribution in [0.5, 0.6) is 0 Å². The second kappa shape index (κ2) is 5.77. The van der Waals surface area contributed by atoms with Crippen molar-refractivity contribution in [2.45, 2.75) is 25.9 Å². The van der Waals surface area contributed by atoms with Gasteiger partial charge in [0, 0.05) is 25.2 Å². The summed E-state index contributed by atoms with van der Waals surface area (Å²) in [6.45, 7) is 9.88. The maximum Gasteiger partial charge on any atom is 0.213 e. The van der Waals surface area contributed by atoms with Crippen molar-refractivity contribution in [1.82, 2.24) is 19.9 Å². The third-order valence-corrected chi connectivity index (χ3v) is 3.34. The Bertz CT molecular complexity index is 347. The summed E-state index contributed by atoms with van der Waals surface area (Å²) in [5.74, 6) is 0.732. The van der Waals surface area contributed by atoms with Crippen molar-refractivity contribution in [3.63, 3.8) is 0 Å². The smallest absolute Gasteiger partial charge is 0.213 e. The van der Waals surface area contributed by atoms with Crippen LogP contribution in [-0.4, -0.2) is 65.4 Å². The first kappa shape index (κ1) is 13.5. The quantitative estimate of drug-likeness (QED) is 0.767. The number of aromatic nitrogens is 2. The number of ether oxygens (including phenoxy) is 1. The van der Waals surface area contributed by atoms with Crippen molar-refractivity contribution in [2.75, 3.05) is 39.9 Å². The highest BCUT2D eigenvalue weighted by atomic mass is 16.5. The van der Waals surface area contributed by atoms with E-state index in [9.17, 15) is 0 Å². The number of rotatable bonds is 5. The average molecular weight is 254 g/mol. The van der Waals surface area contributed by atoms with E-state index < -0.39 is 0 Å². The minimum atomic E-state index is 0.127. The first-order valence-corrected chi connectivity index (χ1v) is 6.34. The fourth-order valence-electron chi connectivity index (χ4n) is 2.49. The van der Waals surface area contributed by atoms with E-state index in [1.165, 1.54) is 6.39 Å². The lowest BCUT2D eigenvalue weighted by atomic mass is 10.0. The molecule has 0 atom stereocenters. The van der Waals surface area contributed by atoms with Gasteiger partial charge in [0.1, 0.15) is 0 Å².